The quantitative estimate of drug-likeness (QED) is 0.505. The van der Waals surface area contributed by atoms with Crippen LogP contribution in [0.15, 0.2) is 29.1 Å². The van der Waals surface area contributed by atoms with Crippen LogP contribution in [0.3, 0.4) is 0 Å². The van der Waals surface area contributed by atoms with E-state index in [4.69, 9.17) is 16.4 Å². The van der Waals surface area contributed by atoms with Crippen molar-refractivity contribution in [1.29, 1.82) is 0 Å². The molecule has 3 heterocycles. The molecule has 2 aliphatic heterocycles. The number of urea groups is 1. The van der Waals surface area contributed by atoms with Gasteiger partial charge in [0, 0.05) is 38.3 Å². The number of carbonyl (C=O) groups is 2. The zero-order chi connectivity index (χ0) is 25.7. The van der Waals surface area contributed by atoms with Crippen molar-refractivity contribution in [3.8, 4) is 18.2 Å². The monoisotopic (exact) mass is 497 g/mol. The first-order valence-electron chi connectivity index (χ1n) is 12.1. The number of hydrogen-bond acceptors (Lipinski definition) is 6. The first kappa shape index (κ1) is 25.2. The molecule has 0 radical (unpaired) electrons. The molecule has 0 saturated carbocycles. The van der Waals surface area contributed by atoms with Crippen molar-refractivity contribution in [1.82, 2.24) is 24.4 Å². The maximum atomic E-state index is 12.7. The lowest BCUT2D eigenvalue weighted by Gasteiger charge is -2.31. The summed E-state index contributed by atoms with van der Waals surface area (Å²) in [5.41, 5.74) is 1.61. The lowest BCUT2D eigenvalue weighted by Crippen LogP contribution is -2.47. The van der Waals surface area contributed by atoms with E-state index in [1.165, 1.54) is 19.9 Å². The van der Waals surface area contributed by atoms with Gasteiger partial charge in [-0.2, -0.15) is 0 Å². The molecule has 0 atom stereocenters. The van der Waals surface area contributed by atoms with Crippen LogP contribution in [-0.4, -0.2) is 74.2 Å². The van der Waals surface area contributed by atoms with Gasteiger partial charge in [0.25, 0.3) is 5.88 Å². The predicted molar refractivity (Wildman–Crippen MR) is 130 cm³/mol. The van der Waals surface area contributed by atoms with Crippen molar-refractivity contribution in [3.05, 3.63) is 51.6 Å². The van der Waals surface area contributed by atoms with Crippen LogP contribution >= 0.6 is 0 Å². The minimum absolute atomic E-state index is 0.0280. The molecule has 3 amide bonds. The van der Waals surface area contributed by atoms with Crippen LogP contribution in [0.25, 0.3) is 0 Å². The van der Waals surface area contributed by atoms with Crippen LogP contribution in [0, 0.1) is 18.3 Å². The molecule has 2 aromatic rings. The van der Waals surface area contributed by atoms with Gasteiger partial charge in [0.1, 0.15) is 5.69 Å². The van der Waals surface area contributed by atoms with Gasteiger partial charge < -0.3 is 30.2 Å². The number of aliphatic hydroxyl groups excluding tert-OH is 1. The molecular formula is C25H31N5O6. The first-order valence-corrected chi connectivity index (χ1v) is 12.1. The van der Waals surface area contributed by atoms with Gasteiger partial charge in [-0.3, -0.25) is 4.57 Å². The SMILES string of the molecule is C#Cc1ccc(CCC2CCN(C(=O)On3c(O)c4n(c3=O)CCN(C(=O)NCCO)C4)CC2)cc1. The standard InChI is InChI=1S/C25H31N5O6/c1-2-18-3-5-19(6-4-18)7-8-20-9-12-27(13-10-20)25(35)36-30-22(32)21-17-28(23(33)26-11-16-31)14-15-29(21)24(30)34/h1,3-6,20,31-32H,7-17H2,(H,26,33). The number of likely N-dealkylation sites (tertiary alicyclic amines) is 1. The van der Waals surface area contributed by atoms with Crippen molar-refractivity contribution in [2.45, 2.75) is 38.8 Å². The van der Waals surface area contributed by atoms with E-state index in [1.54, 1.807) is 0 Å². The Bertz CT molecular complexity index is 1190. The Balaban J connectivity index is 1.30. The van der Waals surface area contributed by atoms with Gasteiger partial charge in [0.05, 0.1) is 13.2 Å². The second kappa shape index (κ2) is 11.2. The Hall–Kier alpha value is -3.91. The molecule has 11 heteroatoms. The summed E-state index contributed by atoms with van der Waals surface area (Å²) in [5, 5.41) is 22.0. The largest absolute Gasteiger partial charge is 0.491 e. The Morgan fingerprint density at radius 3 is 2.50 bits per heavy atom. The van der Waals surface area contributed by atoms with E-state index < -0.39 is 23.7 Å². The number of hydrogen-bond donors (Lipinski definition) is 3. The van der Waals surface area contributed by atoms with Gasteiger partial charge in [0.15, 0.2) is 0 Å². The van der Waals surface area contributed by atoms with Gasteiger partial charge >= 0.3 is 17.8 Å². The Kier molecular flexibility index (Phi) is 7.85. The number of rotatable bonds is 6. The molecule has 1 aromatic carbocycles. The molecule has 2 aliphatic rings. The molecule has 0 unspecified atom stereocenters. The summed E-state index contributed by atoms with van der Waals surface area (Å²) in [6.45, 7) is 1.27. The summed E-state index contributed by atoms with van der Waals surface area (Å²) in [6.07, 6.45) is 8.29. The zero-order valence-corrected chi connectivity index (χ0v) is 20.1. The molecular weight excluding hydrogens is 466 g/mol. The molecule has 36 heavy (non-hydrogen) atoms. The molecule has 0 bridgehead atoms. The number of piperidine rings is 1. The highest BCUT2D eigenvalue weighted by Gasteiger charge is 2.31. The second-order valence-electron chi connectivity index (χ2n) is 9.04. The molecule has 1 aromatic heterocycles. The average molecular weight is 498 g/mol. The number of nitrogens with zero attached hydrogens (tertiary/aromatic N) is 4. The maximum Gasteiger partial charge on any atom is 0.434 e. The molecule has 1 fully saturated rings. The predicted octanol–water partition coefficient (Wildman–Crippen LogP) is 0.748. The third kappa shape index (κ3) is 5.49. The van der Waals surface area contributed by atoms with Crippen LogP contribution in [-0.2, 0) is 19.5 Å². The van der Waals surface area contributed by atoms with Crippen molar-refractivity contribution in [2.24, 2.45) is 5.92 Å². The van der Waals surface area contributed by atoms with Gasteiger partial charge in [-0.15, -0.1) is 6.42 Å². The smallest absolute Gasteiger partial charge is 0.434 e. The van der Waals surface area contributed by atoms with Gasteiger partial charge in [-0.1, -0.05) is 22.8 Å². The van der Waals surface area contributed by atoms with Crippen LogP contribution in [0.1, 0.15) is 36.1 Å². The summed E-state index contributed by atoms with van der Waals surface area (Å²) in [6, 6.07) is 7.55. The maximum absolute atomic E-state index is 12.7. The van der Waals surface area contributed by atoms with Crippen LogP contribution in [0.2, 0.25) is 0 Å². The van der Waals surface area contributed by atoms with E-state index in [0.29, 0.717) is 23.7 Å². The fourth-order valence-electron chi connectivity index (χ4n) is 4.63. The Morgan fingerprint density at radius 1 is 1.11 bits per heavy atom. The number of amides is 3. The molecule has 4 rings (SSSR count). The molecule has 3 N–H and O–H groups in total. The Morgan fingerprint density at radius 2 is 1.83 bits per heavy atom. The van der Waals surface area contributed by atoms with E-state index in [1.807, 2.05) is 24.3 Å². The van der Waals surface area contributed by atoms with E-state index in [-0.39, 0.29) is 38.5 Å². The second-order valence-corrected chi connectivity index (χ2v) is 9.04. The fraction of sp³-hybridized carbons (Fsp3) is 0.480. The van der Waals surface area contributed by atoms with Crippen molar-refractivity contribution >= 4 is 12.1 Å². The normalized spacial score (nSPS) is 15.8. The first-order chi connectivity index (χ1) is 17.4. The summed E-state index contributed by atoms with van der Waals surface area (Å²) in [7, 11) is 0. The lowest BCUT2D eigenvalue weighted by atomic mass is 9.90. The highest BCUT2D eigenvalue weighted by atomic mass is 16.7. The number of imidazole rings is 1. The highest BCUT2D eigenvalue weighted by Crippen LogP contribution is 2.24. The number of aromatic hydroxyl groups is 1. The number of aromatic nitrogens is 2. The van der Waals surface area contributed by atoms with Crippen LogP contribution in [0.5, 0.6) is 5.88 Å². The van der Waals surface area contributed by atoms with Crippen molar-refractivity contribution < 1.29 is 24.6 Å². The van der Waals surface area contributed by atoms with Gasteiger partial charge in [-0.25, -0.2) is 14.4 Å². The van der Waals surface area contributed by atoms with Crippen molar-refractivity contribution in [3.63, 3.8) is 0 Å². The third-order valence-electron chi connectivity index (χ3n) is 6.79. The Labute approximate surface area is 208 Å². The van der Waals surface area contributed by atoms with E-state index in [9.17, 15) is 19.5 Å². The summed E-state index contributed by atoms with van der Waals surface area (Å²) >= 11 is 0. The number of aliphatic hydroxyl groups is 1. The molecule has 11 nitrogen and oxygen atoms in total. The van der Waals surface area contributed by atoms with Crippen LogP contribution in [0.4, 0.5) is 9.59 Å². The third-order valence-corrected chi connectivity index (χ3v) is 6.79. The molecule has 0 aliphatic carbocycles. The zero-order valence-electron chi connectivity index (χ0n) is 20.1. The summed E-state index contributed by atoms with van der Waals surface area (Å²) < 4.78 is 1.89. The molecule has 0 spiro atoms. The highest BCUT2D eigenvalue weighted by molar-refractivity contribution is 5.74. The topological polar surface area (TPSA) is 129 Å². The number of terminal acetylenes is 1. The minimum Gasteiger partial charge on any atom is -0.491 e. The number of carbonyl (C=O) groups excluding carboxylic acids is 2. The average Bonchev–Trinajstić information content (AvgIpc) is 3.15. The fourth-order valence-corrected chi connectivity index (χ4v) is 4.63. The number of nitrogens with one attached hydrogen (secondary N) is 1. The number of fused-ring (bicyclic) bond motifs is 1. The summed E-state index contributed by atoms with van der Waals surface area (Å²) in [4.78, 5) is 45.8. The number of benzene rings is 1. The molecule has 192 valence electrons. The number of aryl methyl sites for hydroxylation is 1. The molecule has 1 saturated heterocycles. The van der Waals surface area contributed by atoms with Crippen molar-refractivity contribution in [2.75, 3.05) is 32.8 Å². The van der Waals surface area contributed by atoms with Gasteiger partial charge in [-0.05, 0) is 49.3 Å². The van der Waals surface area contributed by atoms with E-state index in [0.717, 1.165) is 31.2 Å². The minimum atomic E-state index is -0.698. The van der Waals surface area contributed by atoms with E-state index in [2.05, 4.69) is 11.2 Å². The van der Waals surface area contributed by atoms with Gasteiger partial charge in [0.2, 0.25) is 0 Å². The van der Waals surface area contributed by atoms with E-state index >= 15 is 0 Å². The summed E-state index contributed by atoms with van der Waals surface area (Å²) in [5.74, 6) is 2.59. The van der Waals surface area contributed by atoms with Crippen LogP contribution < -0.4 is 15.8 Å². The lowest BCUT2D eigenvalue weighted by molar-refractivity contribution is 0.0673.